The lowest BCUT2D eigenvalue weighted by molar-refractivity contribution is -0.156. The zero-order valence-electron chi connectivity index (χ0n) is 16.8. The van der Waals surface area contributed by atoms with Gasteiger partial charge in [0.25, 0.3) is 0 Å². The van der Waals surface area contributed by atoms with E-state index in [-0.39, 0.29) is 23.4 Å². The maximum atomic E-state index is 13.1. The summed E-state index contributed by atoms with van der Waals surface area (Å²) in [7, 11) is 0. The molecule has 0 saturated carbocycles. The molecule has 0 aliphatic carbocycles. The van der Waals surface area contributed by atoms with Crippen LogP contribution < -0.4 is 10.1 Å². The number of nitrogens with one attached hydrogen (secondary N) is 1. The van der Waals surface area contributed by atoms with E-state index in [1.807, 2.05) is 20.8 Å². The number of hydrogen-bond donors (Lipinski definition) is 1. The molecule has 0 amide bonds. The van der Waals surface area contributed by atoms with Gasteiger partial charge in [-0.05, 0) is 64.8 Å². The van der Waals surface area contributed by atoms with Crippen molar-refractivity contribution in [3.05, 3.63) is 29.6 Å². The number of carbonyl (C=O) groups is 2. The van der Waals surface area contributed by atoms with Crippen LogP contribution in [0.25, 0.3) is 0 Å². The Morgan fingerprint density at radius 2 is 1.97 bits per heavy atom. The van der Waals surface area contributed by atoms with Gasteiger partial charge in [0.2, 0.25) is 0 Å². The smallest absolute Gasteiger partial charge is 0.422 e. The number of benzene rings is 1. The van der Waals surface area contributed by atoms with Crippen molar-refractivity contribution in [2.45, 2.75) is 51.8 Å². The zero-order valence-corrected chi connectivity index (χ0v) is 16.8. The molecule has 1 N–H and O–H groups in total. The molecule has 1 aliphatic heterocycles. The van der Waals surface area contributed by atoms with Gasteiger partial charge in [0.1, 0.15) is 5.60 Å². The zero-order chi connectivity index (χ0) is 22.1. The molecule has 0 aromatic heterocycles. The topological polar surface area (TPSA) is 64.6 Å². The number of aldehydes is 1. The van der Waals surface area contributed by atoms with Crippen molar-refractivity contribution < 1.29 is 36.6 Å². The quantitative estimate of drug-likeness (QED) is 0.436. The first kappa shape index (κ1) is 24.9. The molecule has 2 rings (SSSR count). The average molecular weight is 421 g/mol. The van der Waals surface area contributed by atoms with Gasteiger partial charge in [0.05, 0.1) is 5.56 Å². The molecular weight excluding hydrogens is 394 g/mol. The van der Waals surface area contributed by atoms with E-state index in [9.17, 15) is 27.2 Å². The summed E-state index contributed by atoms with van der Waals surface area (Å²) in [6.45, 7) is 6.17. The summed E-state index contributed by atoms with van der Waals surface area (Å²) < 4.78 is 57.8. The summed E-state index contributed by atoms with van der Waals surface area (Å²) in [5.41, 5.74) is -0.686. The number of esters is 1. The summed E-state index contributed by atoms with van der Waals surface area (Å²) in [6.07, 6.45) is -1.45. The van der Waals surface area contributed by atoms with Crippen molar-refractivity contribution in [1.29, 1.82) is 0 Å². The summed E-state index contributed by atoms with van der Waals surface area (Å²) in [5.74, 6) is -1.27. The second-order valence-corrected chi connectivity index (χ2v) is 7.68. The highest BCUT2D eigenvalue weighted by molar-refractivity contribution is 5.76. The van der Waals surface area contributed by atoms with E-state index in [1.54, 1.807) is 0 Å². The van der Waals surface area contributed by atoms with Gasteiger partial charge in [-0.3, -0.25) is 9.59 Å². The summed E-state index contributed by atoms with van der Waals surface area (Å²) in [5, 5.41) is 3.30. The van der Waals surface area contributed by atoms with Crippen LogP contribution in [0.4, 0.5) is 17.6 Å². The molecule has 1 aromatic carbocycles. The second-order valence-electron chi connectivity index (χ2n) is 7.68. The lowest BCUT2D eigenvalue weighted by Crippen LogP contribution is -2.33. The summed E-state index contributed by atoms with van der Waals surface area (Å²) in [4.78, 5) is 21.7. The molecule has 1 heterocycles. The molecule has 9 heteroatoms. The van der Waals surface area contributed by atoms with Crippen LogP contribution in [0.2, 0.25) is 0 Å². The van der Waals surface area contributed by atoms with Crippen LogP contribution in [0.1, 0.15) is 50.4 Å². The lowest BCUT2D eigenvalue weighted by Gasteiger charge is -2.24. The Morgan fingerprint density at radius 3 is 2.48 bits per heavy atom. The molecule has 1 aromatic rings. The molecule has 0 spiro atoms. The van der Waals surface area contributed by atoms with Crippen molar-refractivity contribution in [2.75, 3.05) is 19.7 Å². The summed E-state index contributed by atoms with van der Waals surface area (Å²) >= 11 is 0. The SMILES string of the molecule is CC(C)(C)OC(=O)C[C@@H]1CCCNC1.O=Cc1cccc(OCC(F)(F)F)c1F. The molecule has 5 nitrogen and oxygen atoms in total. The fourth-order valence-electron chi connectivity index (χ4n) is 2.61. The van der Waals surface area contributed by atoms with Gasteiger partial charge in [-0.1, -0.05) is 6.07 Å². The molecule has 0 unspecified atom stereocenters. The third kappa shape index (κ3) is 10.8. The van der Waals surface area contributed by atoms with Gasteiger partial charge in [-0.15, -0.1) is 0 Å². The van der Waals surface area contributed by atoms with Gasteiger partial charge in [-0.2, -0.15) is 13.2 Å². The van der Waals surface area contributed by atoms with Crippen molar-refractivity contribution in [3.8, 4) is 5.75 Å². The molecule has 0 bridgehead atoms. The Bertz CT molecular complexity index is 665. The minimum absolute atomic E-state index is 0.0637. The van der Waals surface area contributed by atoms with Crippen LogP contribution in [0.3, 0.4) is 0 Å². The van der Waals surface area contributed by atoms with Crippen molar-refractivity contribution in [2.24, 2.45) is 5.92 Å². The van der Waals surface area contributed by atoms with Crippen LogP contribution >= 0.6 is 0 Å². The first-order chi connectivity index (χ1) is 13.4. The molecule has 0 radical (unpaired) electrons. The number of halogens is 4. The maximum Gasteiger partial charge on any atom is 0.422 e. The number of piperidine rings is 1. The molecule has 1 fully saturated rings. The Hall–Kier alpha value is -2.16. The minimum Gasteiger partial charge on any atom is -0.481 e. The standard InChI is InChI=1S/C11H21NO2.C9H6F4O2/c1-11(2,3)14-10(13)7-9-5-4-6-12-8-9;10-8-6(4-14)2-1-3-7(8)15-5-9(11,12)13/h9,12H,4-8H2,1-3H3;1-4H,5H2/t9-;/m0./s1. The van der Waals surface area contributed by atoms with E-state index in [0.29, 0.717) is 12.3 Å². The van der Waals surface area contributed by atoms with Crippen molar-refractivity contribution in [1.82, 2.24) is 5.32 Å². The Balaban J connectivity index is 0.000000291. The predicted molar refractivity (Wildman–Crippen MR) is 99.4 cm³/mol. The van der Waals surface area contributed by atoms with Gasteiger partial charge in [0.15, 0.2) is 24.5 Å². The predicted octanol–water partition coefficient (Wildman–Crippen LogP) is 4.30. The maximum absolute atomic E-state index is 13.1. The first-order valence-electron chi connectivity index (χ1n) is 9.27. The number of rotatable bonds is 5. The molecule has 1 aliphatic rings. The molecule has 1 atom stereocenters. The van der Waals surface area contributed by atoms with Gasteiger partial charge in [-0.25, -0.2) is 4.39 Å². The number of ether oxygens (including phenoxy) is 2. The van der Waals surface area contributed by atoms with Crippen molar-refractivity contribution in [3.63, 3.8) is 0 Å². The lowest BCUT2D eigenvalue weighted by atomic mass is 9.96. The van der Waals surface area contributed by atoms with E-state index in [2.05, 4.69) is 10.1 Å². The van der Waals surface area contributed by atoms with Crippen LogP contribution in [-0.4, -0.2) is 43.7 Å². The highest BCUT2D eigenvalue weighted by atomic mass is 19.4. The third-order valence-electron chi connectivity index (χ3n) is 3.79. The molecule has 29 heavy (non-hydrogen) atoms. The third-order valence-corrected chi connectivity index (χ3v) is 3.79. The monoisotopic (exact) mass is 421 g/mol. The van der Waals surface area contributed by atoms with Gasteiger partial charge in [0, 0.05) is 6.42 Å². The number of hydrogen-bond acceptors (Lipinski definition) is 5. The molecular formula is C20H27F4NO4. The van der Waals surface area contributed by atoms with E-state index >= 15 is 0 Å². The van der Waals surface area contributed by atoms with Gasteiger partial charge >= 0.3 is 12.1 Å². The number of alkyl halides is 3. The van der Waals surface area contributed by atoms with Crippen LogP contribution in [0, 0.1) is 11.7 Å². The largest absolute Gasteiger partial charge is 0.481 e. The average Bonchev–Trinajstić information content (AvgIpc) is 2.60. The van der Waals surface area contributed by atoms with Crippen molar-refractivity contribution >= 4 is 12.3 Å². The van der Waals surface area contributed by atoms with Gasteiger partial charge < -0.3 is 14.8 Å². The van der Waals surface area contributed by atoms with E-state index in [4.69, 9.17) is 4.74 Å². The fourth-order valence-corrected chi connectivity index (χ4v) is 2.61. The fraction of sp³-hybridized carbons (Fsp3) is 0.600. The summed E-state index contributed by atoms with van der Waals surface area (Å²) in [6, 6.07) is 3.40. The van der Waals surface area contributed by atoms with E-state index in [0.717, 1.165) is 31.6 Å². The van der Waals surface area contributed by atoms with Crippen LogP contribution in [-0.2, 0) is 9.53 Å². The Kier molecular flexibility index (Phi) is 9.55. The molecule has 164 valence electrons. The minimum atomic E-state index is -4.54. The Labute approximate surface area is 167 Å². The number of carbonyl (C=O) groups excluding carboxylic acids is 2. The van der Waals surface area contributed by atoms with E-state index < -0.39 is 24.3 Å². The first-order valence-corrected chi connectivity index (χ1v) is 9.27. The highest BCUT2D eigenvalue weighted by Crippen LogP contribution is 2.22. The van der Waals surface area contributed by atoms with Crippen LogP contribution in [0.15, 0.2) is 18.2 Å². The van der Waals surface area contributed by atoms with Crippen LogP contribution in [0.5, 0.6) is 5.75 Å². The second kappa shape index (κ2) is 11.1. The van der Waals surface area contributed by atoms with E-state index in [1.165, 1.54) is 12.5 Å². The normalized spacial score (nSPS) is 17.0. The Morgan fingerprint density at radius 1 is 1.28 bits per heavy atom. The molecule has 1 saturated heterocycles. The highest BCUT2D eigenvalue weighted by Gasteiger charge is 2.29.